The van der Waals surface area contributed by atoms with Crippen molar-refractivity contribution in [3.05, 3.63) is 35.6 Å². The van der Waals surface area contributed by atoms with Crippen molar-refractivity contribution in [2.24, 2.45) is 5.92 Å². The number of hydrogen-bond donors (Lipinski definition) is 0. The first-order valence-electron chi connectivity index (χ1n) is 5.46. The molecule has 0 fully saturated rings. The molecule has 1 aromatic carbocycles. The van der Waals surface area contributed by atoms with Crippen LogP contribution in [0.25, 0.3) is 0 Å². The fourth-order valence-electron chi connectivity index (χ4n) is 1.54. The van der Waals surface area contributed by atoms with Crippen LogP contribution < -0.4 is 0 Å². The van der Waals surface area contributed by atoms with Gasteiger partial charge in [-0.2, -0.15) is 0 Å². The zero-order chi connectivity index (χ0) is 11.3. The maximum Gasteiger partial charge on any atom is 0.123 e. The Balaban J connectivity index is 2.40. The van der Waals surface area contributed by atoms with Crippen molar-refractivity contribution in [2.45, 2.75) is 38.5 Å². The highest BCUT2D eigenvalue weighted by atomic mass is 35.5. The third-order valence-corrected chi connectivity index (χ3v) is 2.78. The normalized spacial score (nSPS) is 13.1. The Morgan fingerprint density at radius 1 is 1.27 bits per heavy atom. The quantitative estimate of drug-likeness (QED) is 0.655. The summed E-state index contributed by atoms with van der Waals surface area (Å²) in [7, 11) is 0. The van der Waals surface area contributed by atoms with E-state index in [1.807, 2.05) is 6.07 Å². The highest BCUT2D eigenvalue weighted by Gasteiger charge is 2.07. The smallest absolute Gasteiger partial charge is 0.123 e. The predicted octanol–water partition coefficient (Wildman–Crippen LogP) is 4.41. The number of hydrogen-bond acceptors (Lipinski definition) is 0. The molecule has 0 aliphatic carbocycles. The first kappa shape index (κ1) is 12.5. The lowest BCUT2D eigenvalue weighted by molar-refractivity contribution is 0.541. The summed E-state index contributed by atoms with van der Waals surface area (Å²) >= 11 is 6.19. The molecule has 0 aliphatic rings. The summed E-state index contributed by atoms with van der Waals surface area (Å²) in [5.74, 6) is 0.499. The first-order valence-corrected chi connectivity index (χ1v) is 5.90. The van der Waals surface area contributed by atoms with Crippen LogP contribution in [0, 0.1) is 11.7 Å². The molecule has 0 spiro atoms. The lowest BCUT2D eigenvalue weighted by Crippen LogP contribution is -2.05. The van der Waals surface area contributed by atoms with Gasteiger partial charge in [0.25, 0.3) is 0 Å². The van der Waals surface area contributed by atoms with Crippen LogP contribution in [0.3, 0.4) is 0 Å². The Kier molecular flexibility index (Phi) is 5.10. The van der Waals surface area contributed by atoms with Crippen molar-refractivity contribution in [1.29, 1.82) is 0 Å². The Bertz CT molecular complexity index is 296. The molecule has 1 rings (SSSR count). The van der Waals surface area contributed by atoms with Crippen molar-refractivity contribution in [3.8, 4) is 0 Å². The molecule has 0 aliphatic heterocycles. The summed E-state index contributed by atoms with van der Waals surface area (Å²) in [6.45, 7) is 4.37. The van der Waals surface area contributed by atoms with E-state index >= 15 is 0 Å². The van der Waals surface area contributed by atoms with E-state index in [0.29, 0.717) is 5.92 Å². The molecule has 1 aromatic rings. The fraction of sp³-hybridized carbons (Fsp3) is 0.538. The van der Waals surface area contributed by atoms with Gasteiger partial charge in [-0.1, -0.05) is 26.0 Å². The molecule has 0 nitrogen and oxygen atoms in total. The van der Waals surface area contributed by atoms with Crippen LogP contribution in [0.2, 0.25) is 0 Å². The second-order valence-corrected chi connectivity index (χ2v) is 5.02. The van der Waals surface area contributed by atoms with E-state index in [-0.39, 0.29) is 11.2 Å². The van der Waals surface area contributed by atoms with Gasteiger partial charge in [-0.15, -0.1) is 11.6 Å². The molecule has 0 amide bonds. The molecule has 0 saturated heterocycles. The molecule has 0 bridgehead atoms. The van der Waals surface area contributed by atoms with E-state index in [1.54, 1.807) is 12.1 Å². The zero-order valence-corrected chi connectivity index (χ0v) is 10.1. The van der Waals surface area contributed by atoms with E-state index in [9.17, 15) is 4.39 Å². The summed E-state index contributed by atoms with van der Waals surface area (Å²) in [6.07, 6.45) is 2.88. The Morgan fingerprint density at radius 2 is 2.00 bits per heavy atom. The van der Waals surface area contributed by atoms with Crippen molar-refractivity contribution >= 4 is 11.6 Å². The van der Waals surface area contributed by atoms with Crippen LogP contribution in [0.15, 0.2) is 24.3 Å². The third-order valence-electron chi connectivity index (χ3n) is 2.40. The van der Waals surface area contributed by atoms with Crippen LogP contribution in [0.1, 0.15) is 32.3 Å². The van der Waals surface area contributed by atoms with Gasteiger partial charge in [0.1, 0.15) is 5.82 Å². The maximum absolute atomic E-state index is 12.9. The zero-order valence-electron chi connectivity index (χ0n) is 9.34. The van der Waals surface area contributed by atoms with Gasteiger partial charge in [-0.25, -0.2) is 4.39 Å². The van der Waals surface area contributed by atoms with Gasteiger partial charge in [0.2, 0.25) is 0 Å². The summed E-state index contributed by atoms with van der Waals surface area (Å²) in [5.41, 5.74) is 0.985. The van der Waals surface area contributed by atoms with Crippen LogP contribution in [0.5, 0.6) is 0 Å². The summed E-state index contributed by atoms with van der Waals surface area (Å²) in [4.78, 5) is 0. The Hall–Kier alpha value is -0.560. The largest absolute Gasteiger partial charge is 0.207 e. The van der Waals surface area contributed by atoms with Crippen molar-refractivity contribution in [3.63, 3.8) is 0 Å². The molecular formula is C13H18ClF. The van der Waals surface area contributed by atoms with E-state index in [4.69, 9.17) is 11.6 Å². The first-order chi connectivity index (χ1) is 7.08. The lowest BCUT2D eigenvalue weighted by Gasteiger charge is -2.11. The summed E-state index contributed by atoms with van der Waals surface area (Å²) in [6, 6.07) is 6.68. The van der Waals surface area contributed by atoms with Crippen LogP contribution in [-0.2, 0) is 6.42 Å². The average molecular weight is 229 g/mol. The van der Waals surface area contributed by atoms with E-state index in [2.05, 4.69) is 13.8 Å². The molecule has 0 N–H and O–H groups in total. The molecule has 2 heteroatoms. The molecule has 84 valence electrons. The number of rotatable bonds is 5. The van der Waals surface area contributed by atoms with Gasteiger partial charge in [0, 0.05) is 5.38 Å². The predicted molar refractivity (Wildman–Crippen MR) is 63.8 cm³/mol. The summed E-state index contributed by atoms with van der Waals surface area (Å²) < 4.78 is 12.9. The minimum Gasteiger partial charge on any atom is -0.207 e. The van der Waals surface area contributed by atoms with E-state index in [0.717, 1.165) is 24.8 Å². The van der Waals surface area contributed by atoms with Crippen LogP contribution in [-0.4, -0.2) is 5.38 Å². The van der Waals surface area contributed by atoms with E-state index < -0.39 is 0 Å². The topological polar surface area (TPSA) is 0 Å². The summed E-state index contributed by atoms with van der Waals surface area (Å²) in [5, 5.41) is 0.120. The second kappa shape index (κ2) is 6.12. The van der Waals surface area contributed by atoms with Crippen LogP contribution >= 0.6 is 11.6 Å². The molecule has 0 radical (unpaired) electrons. The fourth-order valence-corrected chi connectivity index (χ4v) is 1.84. The highest BCUT2D eigenvalue weighted by molar-refractivity contribution is 6.20. The van der Waals surface area contributed by atoms with Gasteiger partial charge in [0.05, 0.1) is 0 Å². The highest BCUT2D eigenvalue weighted by Crippen LogP contribution is 2.16. The maximum atomic E-state index is 12.9. The molecular weight excluding hydrogens is 211 g/mol. The van der Waals surface area contributed by atoms with Gasteiger partial charge in [0.15, 0.2) is 0 Å². The number of halogens is 2. The second-order valence-electron chi connectivity index (χ2n) is 4.40. The molecule has 0 heterocycles. The lowest BCUT2D eigenvalue weighted by atomic mass is 10.0. The molecule has 15 heavy (non-hydrogen) atoms. The molecule has 0 saturated carbocycles. The number of benzene rings is 1. The number of alkyl halides is 1. The minimum atomic E-state index is -0.180. The Labute approximate surface area is 96.5 Å². The molecule has 1 unspecified atom stereocenters. The van der Waals surface area contributed by atoms with Gasteiger partial charge >= 0.3 is 0 Å². The SMILES string of the molecule is CC(C)CCC(Cl)Cc1cccc(F)c1. The standard InChI is InChI=1S/C13H18ClF/c1-10(2)6-7-12(14)8-11-4-3-5-13(15)9-11/h3-5,9-10,12H,6-8H2,1-2H3. The third kappa shape index (κ3) is 5.17. The monoisotopic (exact) mass is 228 g/mol. The molecule has 0 aromatic heterocycles. The van der Waals surface area contributed by atoms with Crippen LogP contribution in [0.4, 0.5) is 4.39 Å². The minimum absolute atomic E-state index is 0.120. The van der Waals surface area contributed by atoms with Gasteiger partial charge in [-0.05, 0) is 42.9 Å². The van der Waals surface area contributed by atoms with Gasteiger partial charge < -0.3 is 0 Å². The van der Waals surface area contributed by atoms with Crippen molar-refractivity contribution < 1.29 is 4.39 Å². The average Bonchev–Trinajstić information content (AvgIpc) is 2.15. The molecule has 1 atom stereocenters. The van der Waals surface area contributed by atoms with Crippen molar-refractivity contribution in [1.82, 2.24) is 0 Å². The van der Waals surface area contributed by atoms with Crippen molar-refractivity contribution in [2.75, 3.05) is 0 Å². The Morgan fingerprint density at radius 3 is 2.60 bits per heavy atom. The van der Waals surface area contributed by atoms with E-state index in [1.165, 1.54) is 6.07 Å². The van der Waals surface area contributed by atoms with Gasteiger partial charge in [-0.3, -0.25) is 0 Å².